The molecule has 1 amide bonds. The van der Waals surface area contributed by atoms with E-state index in [0.29, 0.717) is 24.8 Å². The molecule has 1 saturated carbocycles. The zero-order valence-electron chi connectivity index (χ0n) is 16.1. The molecule has 8 heteroatoms. The van der Waals surface area contributed by atoms with Crippen LogP contribution in [0.5, 0.6) is 0 Å². The van der Waals surface area contributed by atoms with Crippen molar-refractivity contribution in [2.75, 3.05) is 26.2 Å². The van der Waals surface area contributed by atoms with Crippen LogP contribution < -0.4 is 21.5 Å². The van der Waals surface area contributed by atoms with Gasteiger partial charge in [0.25, 0.3) is 0 Å². The number of hydrogen-bond acceptors (Lipinski definition) is 6. The van der Waals surface area contributed by atoms with Gasteiger partial charge in [0.2, 0.25) is 5.91 Å². The Morgan fingerprint density at radius 2 is 2.11 bits per heavy atom. The summed E-state index contributed by atoms with van der Waals surface area (Å²) in [4.78, 5) is 18.3. The van der Waals surface area contributed by atoms with Crippen LogP contribution in [0.3, 0.4) is 0 Å². The van der Waals surface area contributed by atoms with E-state index in [0.717, 1.165) is 51.9 Å². The van der Waals surface area contributed by atoms with Crippen LogP contribution in [-0.4, -0.2) is 67.5 Å². The van der Waals surface area contributed by atoms with E-state index < -0.39 is 6.17 Å². The van der Waals surface area contributed by atoms with Crippen LogP contribution in [0.25, 0.3) is 0 Å². The molecule has 0 aromatic rings. The van der Waals surface area contributed by atoms with Crippen LogP contribution in [0, 0.1) is 5.92 Å². The van der Waals surface area contributed by atoms with Crippen molar-refractivity contribution in [3.63, 3.8) is 0 Å². The second kappa shape index (κ2) is 9.13. The van der Waals surface area contributed by atoms with Crippen LogP contribution >= 0.6 is 0 Å². The van der Waals surface area contributed by atoms with Crippen molar-refractivity contribution in [1.82, 2.24) is 26.5 Å². The van der Waals surface area contributed by atoms with Gasteiger partial charge in [0.05, 0.1) is 12.1 Å². The first-order chi connectivity index (χ1) is 13.2. The number of hydrazine groups is 1. The van der Waals surface area contributed by atoms with Crippen molar-refractivity contribution in [3.05, 3.63) is 0 Å². The zero-order chi connectivity index (χ0) is 18.6. The molecule has 0 radical (unpaired) electrons. The van der Waals surface area contributed by atoms with Gasteiger partial charge in [0.1, 0.15) is 12.2 Å². The summed E-state index contributed by atoms with van der Waals surface area (Å²) in [6.07, 6.45) is 7.20. The lowest BCUT2D eigenvalue weighted by Gasteiger charge is -2.28. The maximum atomic E-state index is 13.6. The molecule has 3 heterocycles. The highest BCUT2D eigenvalue weighted by molar-refractivity contribution is 5.82. The largest absolute Gasteiger partial charge is 0.349 e. The SMILES string of the molecule is O=C(NC1CNN(CC2CCCC(F)C2)C1)C1CC(C2CCCCN2)ON1. The predicted octanol–water partition coefficient (Wildman–Crippen LogP) is 0.624. The molecule has 0 bridgehead atoms. The molecule has 1 aliphatic carbocycles. The van der Waals surface area contributed by atoms with E-state index >= 15 is 0 Å². The summed E-state index contributed by atoms with van der Waals surface area (Å²) in [5.41, 5.74) is 6.29. The van der Waals surface area contributed by atoms with Crippen LogP contribution in [0.1, 0.15) is 51.4 Å². The fourth-order valence-corrected chi connectivity index (χ4v) is 4.98. The number of nitrogens with one attached hydrogen (secondary N) is 4. The number of nitrogens with zero attached hydrogens (tertiary/aromatic N) is 1. The number of rotatable bonds is 5. The molecular weight excluding hydrogens is 349 g/mol. The number of carbonyl (C=O) groups is 1. The standard InChI is InChI=1S/C19H34FN5O2/c20-14-5-3-4-13(8-14)11-25-12-15(10-22-25)23-19(26)17-9-18(27-24-17)16-6-1-2-7-21-16/h13-18,21-22,24H,1-12H2,(H,23,26). The van der Waals surface area contributed by atoms with E-state index in [9.17, 15) is 9.18 Å². The lowest BCUT2D eigenvalue weighted by molar-refractivity contribution is -0.125. The van der Waals surface area contributed by atoms with Gasteiger partial charge in [-0.3, -0.25) is 15.1 Å². The minimum atomic E-state index is -0.637. The van der Waals surface area contributed by atoms with Crippen LogP contribution in [0.15, 0.2) is 0 Å². The lowest BCUT2D eigenvalue weighted by atomic mass is 9.88. The van der Waals surface area contributed by atoms with Crippen molar-refractivity contribution in [3.8, 4) is 0 Å². The summed E-state index contributed by atoms with van der Waals surface area (Å²) in [5.74, 6) is 0.438. The highest BCUT2D eigenvalue weighted by atomic mass is 19.1. The van der Waals surface area contributed by atoms with Crippen LogP contribution in [0.2, 0.25) is 0 Å². The molecule has 4 N–H and O–H groups in total. The summed E-state index contributed by atoms with van der Waals surface area (Å²) in [6, 6.07) is 0.164. The van der Waals surface area contributed by atoms with Gasteiger partial charge in [-0.25, -0.2) is 9.40 Å². The Morgan fingerprint density at radius 1 is 1.19 bits per heavy atom. The Bertz CT molecular complexity index is 504. The van der Waals surface area contributed by atoms with Gasteiger partial charge in [-0.2, -0.15) is 5.48 Å². The van der Waals surface area contributed by atoms with E-state index in [-0.39, 0.29) is 24.1 Å². The van der Waals surface area contributed by atoms with Crippen molar-refractivity contribution in [2.45, 2.75) is 81.8 Å². The average molecular weight is 384 g/mol. The second-order valence-corrected chi connectivity index (χ2v) is 8.72. The molecule has 6 atom stereocenters. The fourth-order valence-electron chi connectivity index (χ4n) is 4.98. The molecule has 27 heavy (non-hydrogen) atoms. The minimum Gasteiger partial charge on any atom is -0.349 e. The highest BCUT2D eigenvalue weighted by Crippen LogP contribution is 2.27. The average Bonchev–Trinajstić information content (AvgIpc) is 3.32. The molecule has 4 aliphatic rings. The van der Waals surface area contributed by atoms with E-state index in [1.807, 2.05) is 0 Å². The summed E-state index contributed by atoms with van der Waals surface area (Å²) in [6.45, 7) is 3.42. The van der Waals surface area contributed by atoms with Gasteiger partial charge >= 0.3 is 0 Å². The molecule has 4 fully saturated rings. The molecule has 0 aromatic heterocycles. The van der Waals surface area contributed by atoms with Gasteiger partial charge in [-0.1, -0.05) is 12.8 Å². The number of hydrogen-bond donors (Lipinski definition) is 4. The first-order valence-corrected chi connectivity index (χ1v) is 10.7. The monoisotopic (exact) mass is 383 g/mol. The Labute approximate surface area is 161 Å². The van der Waals surface area contributed by atoms with Crippen molar-refractivity contribution < 1.29 is 14.0 Å². The summed E-state index contributed by atoms with van der Waals surface area (Å²) in [7, 11) is 0. The quantitative estimate of drug-likeness (QED) is 0.558. The van der Waals surface area contributed by atoms with Crippen molar-refractivity contribution in [1.29, 1.82) is 0 Å². The van der Waals surface area contributed by atoms with E-state index in [4.69, 9.17) is 4.84 Å². The van der Waals surface area contributed by atoms with E-state index in [1.165, 1.54) is 12.8 Å². The van der Waals surface area contributed by atoms with Gasteiger partial charge in [-0.15, -0.1) is 0 Å². The summed E-state index contributed by atoms with van der Waals surface area (Å²) >= 11 is 0. The molecule has 154 valence electrons. The molecule has 4 rings (SSSR count). The lowest BCUT2D eigenvalue weighted by Crippen LogP contribution is -2.47. The van der Waals surface area contributed by atoms with Gasteiger partial charge in [0.15, 0.2) is 0 Å². The highest BCUT2D eigenvalue weighted by Gasteiger charge is 2.37. The number of amides is 1. The third kappa shape index (κ3) is 5.17. The summed E-state index contributed by atoms with van der Waals surface area (Å²) < 4.78 is 13.6. The number of alkyl halides is 1. The normalized spacial score (nSPS) is 40.9. The number of hydroxylamine groups is 1. The van der Waals surface area contributed by atoms with Crippen molar-refractivity contribution >= 4 is 5.91 Å². The van der Waals surface area contributed by atoms with Crippen LogP contribution in [-0.2, 0) is 9.63 Å². The third-order valence-electron chi connectivity index (χ3n) is 6.49. The second-order valence-electron chi connectivity index (χ2n) is 8.72. The van der Waals surface area contributed by atoms with Gasteiger partial charge in [-0.05, 0) is 44.6 Å². The molecule has 0 spiro atoms. The number of carbonyl (C=O) groups excluding carboxylic acids is 1. The molecule has 7 nitrogen and oxygen atoms in total. The molecule has 3 saturated heterocycles. The number of piperidine rings is 1. The van der Waals surface area contributed by atoms with Crippen molar-refractivity contribution in [2.24, 2.45) is 5.92 Å². The fraction of sp³-hybridized carbons (Fsp3) is 0.947. The minimum absolute atomic E-state index is 0.0171. The maximum absolute atomic E-state index is 13.6. The topological polar surface area (TPSA) is 77.7 Å². The summed E-state index contributed by atoms with van der Waals surface area (Å²) in [5, 5.41) is 8.80. The first-order valence-electron chi connectivity index (χ1n) is 10.7. The van der Waals surface area contributed by atoms with E-state index in [2.05, 4.69) is 26.5 Å². The number of halogens is 1. The van der Waals surface area contributed by atoms with Gasteiger partial charge < -0.3 is 10.6 Å². The molecule has 6 unspecified atom stereocenters. The molecule has 0 aromatic carbocycles. The van der Waals surface area contributed by atoms with Gasteiger partial charge in [0, 0.05) is 32.1 Å². The Balaban J connectivity index is 1.18. The third-order valence-corrected chi connectivity index (χ3v) is 6.49. The Hall–Kier alpha value is -0.800. The first kappa shape index (κ1) is 19.5. The van der Waals surface area contributed by atoms with Crippen LogP contribution in [0.4, 0.5) is 4.39 Å². The smallest absolute Gasteiger partial charge is 0.239 e. The Kier molecular flexibility index (Phi) is 6.60. The molecule has 3 aliphatic heterocycles. The zero-order valence-corrected chi connectivity index (χ0v) is 16.1. The maximum Gasteiger partial charge on any atom is 0.239 e. The van der Waals surface area contributed by atoms with E-state index in [1.54, 1.807) is 0 Å². The predicted molar refractivity (Wildman–Crippen MR) is 100 cm³/mol. The molecular formula is C19H34FN5O2. The Morgan fingerprint density at radius 3 is 2.93 bits per heavy atom.